The Morgan fingerprint density at radius 1 is 0.946 bits per heavy atom. The maximum atomic E-state index is 12.8. The van der Waals surface area contributed by atoms with Crippen molar-refractivity contribution in [1.29, 1.82) is 0 Å². The van der Waals surface area contributed by atoms with Gasteiger partial charge in [-0.2, -0.15) is 0 Å². The fourth-order valence-corrected chi connectivity index (χ4v) is 6.30. The molecule has 1 amide bonds. The van der Waals surface area contributed by atoms with E-state index in [9.17, 15) is 4.79 Å². The van der Waals surface area contributed by atoms with Crippen molar-refractivity contribution in [2.75, 3.05) is 27.2 Å². The zero-order valence-electron chi connectivity index (χ0n) is 21.2. The summed E-state index contributed by atoms with van der Waals surface area (Å²) in [5.74, 6) is 1.57. The summed E-state index contributed by atoms with van der Waals surface area (Å²) in [7, 11) is 3.66. The van der Waals surface area contributed by atoms with Crippen LogP contribution in [0.25, 0.3) is 0 Å². The van der Waals surface area contributed by atoms with E-state index in [1.807, 2.05) is 48.3 Å². The lowest BCUT2D eigenvalue weighted by atomic mass is 9.86. The molecule has 2 aliphatic heterocycles. The summed E-state index contributed by atoms with van der Waals surface area (Å²) >= 11 is 12.7. The molecule has 2 unspecified atom stereocenters. The van der Waals surface area contributed by atoms with Crippen molar-refractivity contribution >= 4 is 41.5 Å². The van der Waals surface area contributed by atoms with Crippen molar-refractivity contribution in [3.05, 3.63) is 99.0 Å². The topological polar surface area (TPSA) is 32.8 Å². The van der Waals surface area contributed by atoms with E-state index in [1.165, 1.54) is 11.1 Å². The number of hydrogen-bond acceptors (Lipinski definition) is 3. The normalized spacial score (nSPS) is 18.9. The minimum Gasteiger partial charge on any atom is -0.496 e. The summed E-state index contributed by atoms with van der Waals surface area (Å²) in [5, 5.41) is 1.16. The number of piperidine rings is 1. The molecule has 196 valence electrons. The van der Waals surface area contributed by atoms with Crippen LogP contribution in [0.15, 0.2) is 66.7 Å². The minimum absolute atomic E-state index is 0. The second-order valence-corrected chi connectivity index (χ2v) is 10.7. The van der Waals surface area contributed by atoms with Crippen molar-refractivity contribution in [3.8, 4) is 5.75 Å². The number of benzene rings is 3. The molecule has 2 heterocycles. The first-order chi connectivity index (χ1) is 17.5. The van der Waals surface area contributed by atoms with Crippen molar-refractivity contribution in [2.24, 2.45) is 0 Å². The Morgan fingerprint density at radius 2 is 1.62 bits per heavy atom. The van der Waals surface area contributed by atoms with Gasteiger partial charge in [0, 0.05) is 18.7 Å². The average Bonchev–Trinajstić information content (AvgIpc) is 3.16. The number of ether oxygens (including phenoxy) is 1. The molecule has 0 spiro atoms. The largest absolute Gasteiger partial charge is 0.496 e. The zero-order chi connectivity index (χ0) is 25.2. The number of nitrogens with zero attached hydrogens (tertiary/aromatic N) is 2. The van der Waals surface area contributed by atoms with Crippen LogP contribution >= 0.6 is 35.6 Å². The first-order valence-electron chi connectivity index (χ1n) is 12.7. The molecule has 37 heavy (non-hydrogen) atoms. The maximum absolute atomic E-state index is 12.8. The van der Waals surface area contributed by atoms with Crippen LogP contribution in [0.3, 0.4) is 0 Å². The van der Waals surface area contributed by atoms with Gasteiger partial charge in [0.05, 0.1) is 23.2 Å². The van der Waals surface area contributed by atoms with E-state index in [-0.39, 0.29) is 30.4 Å². The lowest BCUT2D eigenvalue weighted by Gasteiger charge is -2.39. The van der Waals surface area contributed by atoms with Gasteiger partial charge in [-0.05, 0) is 85.6 Å². The fraction of sp³-hybridized carbons (Fsp3) is 0.367. The van der Waals surface area contributed by atoms with Crippen molar-refractivity contribution < 1.29 is 9.53 Å². The van der Waals surface area contributed by atoms with E-state index in [0.29, 0.717) is 16.0 Å². The highest BCUT2D eigenvalue weighted by Crippen LogP contribution is 2.41. The SMILES string of the molecule is COc1ccccc1C1CCN(C(CCC2c3ccccc3C(=O)N2C)c2ccc(Cl)c(Cl)c2)CC1.Cl. The minimum atomic E-state index is 0. The number of halogens is 3. The maximum Gasteiger partial charge on any atom is 0.254 e. The molecule has 3 aromatic rings. The first-order valence-corrected chi connectivity index (χ1v) is 13.4. The molecular formula is C30H33Cl3N2O2. The number of carbonyl (C=O) groups is 1. The number of fused-ring (bicyclic) bond motifs is 1. The number of carbonyl (C=O) groups excluding carboxylic acids is 1. The fourth-order valence-electron chi connectivity index (χ4n) is 5.99. The molecule has 2 atom stereocenters. The Kier molecular flexibility index (Phi) is 9.07. The van der Waals surface area contributed by atoms with E-state index in [2.05, 4.69) is 35.2 Å². The molecule has 2 aliphatic rings. The van der Waals surface area contributed by atoms with Crippen LogP contribution in [0.1, 0.15) is 70.7 Å². The van der Waals surface area contributed by atoms with Gasteiger partial charge in [0.15, 0.2) is 0 Å². The van der Waals surface area contributed by atoms with Gasteiger partial charge in [0.1, 0.15) is 5.75 Å². The molecule has 0 radical (unpaired) electrons. The summed E-state index contributed by atoms with van der Waals surface area (Å²) in [5.41, 5.74) is 4.44. The summed E-state index contributed by atoms with van der Waals surface area (Å²) in [4.78, 5) is 17.3. The van der Waals surface area contributed by atoms with Gasteiger partial charge in [-0.1, -0.05) is 65.7 Å². The molecule has 0 N–H and O–H groups in total. The lowest BCUT2D eigenvalue weighted by Crippen LogP contribution is -2.36. The molecule has 1 saturated heterocycles. The molecule has 5 rings (SSSR count). The van der Waals surface area contributed by atoms with Crippen LogP contribution in [0.5, 0.6) is 5.75 Å². The highest BCUT2D eigenvalue weighted by atomic mass is 35.5. The summed E-state index contributed by atoms with van der Waals surface area (Å²) < 4.78 is 5.64. The van der Waals surface area contributed by atoms with Crippen LogP contribution in [-0.2, 0) is 0 Å². The third-order valence-corrected chi connectivity index (χ3v) is 8.67. The Bertz CT molecular complexity index is 1240. The van der Waals surface area contributed by atoms with Crippen LogP contribution in [0.4, 0.5) is 0 Å². The van der Waals surface area contributed by atoms with Gasteiger partial charge < -0.3 is 9.64 Å². The van der Waals surface area contributed by atoms with Gasteiger partial charge >= 0.3 is 0 Å². The van der Waals surface area contributed by atoms with E-state index in [4.69, 9.17) is 27.9 Å². The van der Waals surface area contributed by atoms with Gasteiger partial charge in [0.25, 0.3) is 5.91 Å². The summed E-state index contributed by atoms with van der Waals surface area (Å²) in [6.45, 7) is 1.98. The van der Waals surface area contributed by atoms with E-state index >= 15 is 0 Å². The highest BCUT2D eigenvalue weighted by molar-refractivity contribution is 6.42. The Hall–Kier alpha value is -2.24. The summed E-state index contributed by atoms with van der Waals surface area (Å²) in [6.07, 6.45) is 3.95. The van der Waals surface area contributed by atoms with Crippen molar-refractivity contribution in [1.82, 2.24) is 9.80 Å². The van der Waals surface area contributed by atoms with Gasteiger partial charge in [-0.25, -0.2) is 0 Å². The van der Waals surface area contributed by atoms with E-state index in [1.54, 1.807) is 7.11 Å². The second-order valence-electron chi connectivity index (χ2n) is 9.84. The van der Waals surface area contributed by atoms with Crippen LogP contribution < -0.4 is 4.74 Å². The molecular weight excluding hydrogens is 527 g/mol. The Labute approximate surface area is 235 Å². The number of para-hydroxylation sites is 1. The lowest BCUT2D eigenvalue weighted by molar-refractivity contribution is 0.0751. The number of methoxy groups -OCH3 is 1. The highest BCUT2D eigenvalue weighted by Gasteiger charge is 2.35. The summed E-state index contributed by atoms with van der Waals surface area (Å²) in [6, 6.07) is 22.7. The number of hydrogen-bond donors (Lipinski definition) is 0. The predicted octanol–water partition coefficient (Wildman–Crippen LogP) is 7.95. The molecule has 0 saturated carbocycles. The zero-order valence-corrected chi connectivity index (χ0v) is 23.5. The molecule has 1 fully saturated rings. The van der Waals surface area contributed by atoms with Gasteiger partial charge in [-0.3, -0.25) is 9.69 Å². The predicted molar refractivity (Wildman–Crippen MR) is 154 cm³/mol. The smallest absolute Gasteiger partial charge is 0.254 e. The third kappa shape index (κ3) is 5.63. The molecule has 3 aromatic carbocycles. The standard InChI is InChI=1S/C30H32Cl2N2O2.ClH/c1-33-28(23-8-3-4-9-24(23)30(33)35)14-13-27(21-11-12-25(31)26(32)19-21)34-17-15-20(16-18-34)22-7-5-6-10-29(22)36-2;/h3-12,19-20,27-28H,13-18H2,1-2H3;1H. The van der Waals surface area contributed by atoms with E-state index in [0.717, 1.165) is 55.6 Å². The molecule has 0 aliphatic carbocycles. The Balaban J connectivity index is 0.00000320. The second kappa shape index (κ2) is 12.1. The Morgan fingerprint density at radius 3 is 2.32 bits per heavy atom. The van der Waals surface area contributed by atoms with Crippen molar-refractivity contribution in [3.63, 3.8) is 0 Å². The molecule has 4 nitrogen and oxygen atoms in total. The third-order valence-electron chi connectivity index (χ3n) is 7.93. The number of rotatable bonds is 7. The van der Waals surface area contributed by atoms with Crippen LogP contribution in [-0.4, -0.2) is 43.0 Å². The van der Waals surface area contributed by atoms with Crippen LogP contribution in [0, 0.1) is 0 Å². The van der Waals surface area contributed by atoms with Crippen LogP contribution in [0.2, 0.25) is 10.0 Å². The van der Waals surface area contributed by atoms with Gasteiger partial charge in [-0.15, -0.1) is 12.4 Å². The quantitative estimate of drug-likeness (QED) is 0.294. The number of likely N-dealkylation sites (tertiary alicyclic amines) is 1. The molecule has 0 bridgehead atoms. The van der Waals surface area contributed by atoms with E-state index < -0.39 is 0 Å². The van der Waals surface area contributed by atoms with Gasteiger partial charge in [0.2, 0.25) is 0 Å². The average molecular weight is 560 g/mol. The number of amides is 1. The molecule has 7 heteroatoms. The van der Waals surface area contributed by atoms with Crippen molar-refractivity contribution in [2.45, 2.75) is 43.7 Å². The first kappa shape index (κ1) is 27.8. The molecule has 0 aromatic heterocycles. The monoisotopic (exact) mass is 558 g/mol.